The zero-order chi connectivity index (χ0) is 18.1. The van der Waals surface area contributed by atoms with Crippen LogP contribution in [0.3, 0.4) is 0 Å². The number of H-pyrrole nitrogens is 2. The van der Waals surface area contributed by atoms with Crippen molar-refractivity contribution in [2.24, 2.45) is 0 Å². The molecule has 1 saturated heterocycles. The second-order valence-electron chi connectivity index (χ2n) is 6.41. The monoisotopic (exact) mass is 350 g/mol. The van der Waals surface area contributed by atoms with Gasteiger partial charge in [0, 0.05) is 30.8 Å². The van der Waals surface area contributed by atoms with Crippen LogP contribution in [0.25, 0.3) is 11.0 Å². The molecule has 0 atom stereocenters. The van der Waals surface area contributed by atoms with E-state index >= 15 is 0 Å². The third-order valence-corrected chi connectivity index (χ3v) is 4.53. The lowest BCUT2D eigenvalue weighted by atomic mass is 10.1. The van der Waals surface area contributed by atoms with Crippen LogP contribution in [0.5, 0.6) is 0 Å². The minimum atomic E-state index is -0.282. The lowest BCUT2D eigenvalue weighted by Crippen LogP contribution is -2.23. The third-order valence-electron chi connectivity index (χ3n) is 4.53. The van der Waals surface area contributed by atoms with Gasteiger partial charge >= 0.3 is 5.69 Å². The molecule has 2 amide bonds. The number of hydrogen-bond acceptors (Lipinski definition) is 3. The number of carbonyl (C=O) groups is 2. The van der Waals surface area contributed by atoms with Crippen LogP contribution < -0.4 is 11.0 Å². The molecule has 7 nitrogen and oxygen atoms in total. The quantitative estimate of drug-likeness (QED) is 0.673. The molecule has 3 N–H and O–H groups in total. The van der Waals surface area contributed by atoms with Crippen LogP contribution >= 0.6 is 0 Å². The summed E-state index contributed by atoms with van der Waals surface area (Å²) in [6.07, 6.45) is 1.54. The summed E-state index contributed by atoms with van der Waals surface area (Å²) in [5.74, 6) is -0.0453. The summed E-state index contributed by atoms with van der Waals surface area (Å²) in [4.78, 5) is 42.5. The molecule has 1 aliphatic rings. The normalized spacial score (nSPS) is 14.2. The number of aromatic amines is 2. The van der Waals surface area contributed by atoms with E-state index in [2.05, 4.69) is 15.3 Å². The minimum Gasteiger partial charge on any atom is -0.338 e. The first kappa shape index (κ1) is 16.1. The second kappa shape index (κ2) is 6.51. The highest BCUT2D eigenvalue weighted by Gasteiger charge is 2.20. The molecule has 26 heavy (non-hydrogen) atoms. The molecule has 4 rings (SSSR count). The molecule has 0 radical (unpaired) electrons. The molecular formula is C19H18N4O3. The number of likely N-dealkylation sites (tertiary alicyclic amines) is 1. The van der Waals surface area contributed by atoms with Crippen LogP contribution in [0.4, 0.5) is 5.69 Å². The highest BCUT2D eigenvalue weighted by atomic mass is 16.2. The van der Waals surface area contributed by atoms with Crippen LogP contribution in [0.1, 0.15) is 28.8 Å². The average molecular weight is 350 g/mol. The van der Waals surface area contributed by atoms with Crippen LogP contribution in [-0.2, 0) is 11.3 Å². The summed E-state index contributed by atoms with van der Waals surface area (Å²) in [5, 5.41) is 2.82. The molecule has 1 fully saturated rings. The van der Waals surface area contributed by atoms with Gasteiger partial charge < -0.3 is 20.2 Å². The lowest BCUT2D eigenvalue weighted by Gasteiger charge is -2.15. The van der Waals surface area contributed by atoms with Crippen molar-refractivity contribution >= 4 is 28.5 Å². The van der Waals surface area contributed by atoms with Crippen LogP contribution in [-0.4, -0.2) is 33.2 Å². The molecule has 1 aromatic heterocycles. The number of amides is 2. The van der Waals surface area contributed by atoms with E-state index in [1.54, 1.807) is 30.3 Å². The van der Waals surface area contributed by atoms with Gasteiger partial charge in [-0.25, -0.2) is 4.79 Å². The van der Waals surface area contributed by atoms with Crippen molar-refractivity contribution in [2.45, 2.75) is 19.4 Å². The Kier molecular flexibility index (Phi) is 4.04. The number of fused-ring (bicyclic) bond motifs is 1. The second-order valence-corrected chi connectivity index (χ2v) is 6.41. The van der Waals surface area contributed by atoms with Gasteiger partial charge in [0.25, 0.3) is 5.91 Å². The van der Waals surface area contributed by atoms with Gasteiger partial charge in [-0.1, -0.05) is 12.1 Å². The minimum absolute atomic E-state index is 0.185. The van der Waals surface area contributed by atoms with Crippen molar-refractivity contribution in [1.29, 1.82) is 0 Å². The van der Waals surface area contributed by atoms with E-state index in [4.69, 9.17) is 0 Å². The van der Waals surface area contributed by atoms with E-state index in [1.165, 1.54) is 0 Å². The van der Waals surface area contributed by atoms with Crippen molar-refractivity contribution in [3.63, 3.8) is 0 Å². The Bertz CT molecular complexity index is 1030. The fourth-order valence-electron chi connectivity index (χ4n) is 3.17. The van der Waals surface area contributed by atoms with Crippen molar-refractivity contribution < 1.29 is 9.59 Å². The Balaban J connectivity index is 1.45. The number of carbonyl (C=O) groups excluding carboxylic acids is 2. The van der Waals surface area contributed by atoms with E-state index in [0.717, 1.165) is 18.5 Å². The summed E-state index contributed by atoms with van der Waals surface area (Å²) in [7, 11) is 0. The summed E-state index contributed by atoms with van der Waals surface area (Å²) in [5.41, 5.74) is 3.18. The third kappa shape index (κ3) is 3.23. The summed E-state index contributed by atoms with van der Waals surface area (Å²) < 4.78 is 0. The molecule has 0 aliphatic carbocycles. The molecule has 2 heterocycles. The molecule has 0 bridgehead atoms. The van der Waals surface area contributed by atoms with Gasteiger partial charge in [0.1, 0.15) is 0 Å². The van der Waals surface area contributed by atoms with Gasteiger partial charge in [-0.15, -0.1) is 0 Å². The van der Waals surface area contributed by atoms with E-state index in [0.29, 0.717) is 35.2 Å². The molecule has 0 saturated carbocycles. The number of benzene rings is 2. The van der Waals surface area contributed by atoms with Crippen molar-refractivity contribution in [2.75, 3.05) is 11.9 Å². The van der Waals surface area contributed by atoms with Gasteiger partial charge in [-0.3, -0.25) is 9.59 Å². The Hall–Kier alpha value is -3.35. The summed E-state index contributed by atoms with van der Waals surface area (Å²) in [6, 6.07) is 12.4. The first-order chi connectivity index (χ1) is 12.6. The smallest absolute Gasteiger partial charge is 0.323 e. The zero-order valence-electron chi connectivity index (χ0n) is 14.0. The van der Waals surface area contributed by atoms with Crippen LogP contribution in [0, 0.1) is 0 Å². The Morgan fingerprint density at radius 2 is 1.81 bits per heavy atom. The Labute approximate surface area is 149 Å². The van der Waals surface area contributed by atoms with E-state index in [1.807, 2.05) is 17.0 Å². The molecule has 2 aromatic carbocycles. The standard InChI is InChI=1S/C19H18N4O3/c24-17-2-1-9-23(17)11-12-3-5-13(6-4-12)18(25)20-14-7-8-15-16(10-14)22-19(26)21-15/h3-8,10H,1-2,9,11H2,(H,20,25)(H2,21,22,26). The molecule has 132 valence electrons. The van der Waals surface area contributed by atoms with Gasteiger partial charge in [-0.05, 0) is 42.3 Å². The molecule has 0 unspecified atom stereocenters. The number of nitrogens with one attached hydrogen (secondary N) is 3. The SMILES string of the molecule is O=C(Nc1ccc2[nH]c(=O)[nH]c2c1)c1ccc(CN2CCCC2=O)cc1. The lowest BCUT2D eigenvalue weighted by molar-refractivity contribution is -0.128. The molecule has 0 spiro atoms. The highest BCUT2D eigenvalue weighted by molar-refractivity contribution is 6.04. The molecular weight excluding hydrogens is 332 g/mol. The summed E-state index contributed by atoms with van der Waals surface area (Å²) >= 11 is 0. The highest BCUT2D eigenvalue weighted by Crippen LogP contribution is 2.17. The summed E-state index contributed by atoms with van der Waals surface area (Å²) in [6.45, 7) is 1.38. The maximum Gasteiger partial charge on any atom is 0.323 e. The average Bonchev–Trinajstić information content (AvgIpc) is 3.19. The number of aromatic nitrogens is 2. The predicted octanol–water partition coefficient (Wildman–Crippen LogP) is 2.23. The number of hydrogen-bond donors (Lipinski definition) is 3. The maximum absolute atomic E-state index is 12.4. The number of imidazole rings is 1. The van der Waals surface area contributed by atoms with E-state index in [-0.39, 0.29) is 17.5 Å². The Morgan fingerprint density at radius 1 is 1.04 bits per heavy atom. The van der Waals surface area contributed by atoms with Gasteiger partial charge in [0.15, 0.2) is 0 Å². The Morgan fingerprint density at radius 3 is 2.54 bits per heavy atom. The topological polar surface area (TPSA) is 98.1 Å². The fourth-order valence-corrected chi connectivity index (χ4v) is 3.17. The number of rotatable bonds is 4. The van der Waals surface area contributed by atoms with Gasteiger partial charge in [-0.2, -0.15) is 0 Å². The van der Waals surface area contributed by atoms with Crippen LogP contribution in [0.2, 0.25) is 0 Å². The number of nitrogens with zero attached hydrogens (tertiary/aromatic N) is 1. The molecule has 3 aromatic rings. The van der Waals surface area contributed by atoms with Crippen molar-refractivity contribution in [3.8, 4) is 0 Å². The van der Waals surface area contributed by atoms with Crippen molar-refractivity contribution in [3.05, 3.63) is 64.1 Å². The number of anilines is 1. The largest absolute Gasteiger partial charge is 0.338 e. The molecule has 1 aliphatic heterocycles. The van der Waals surface area contributed by atoms with E-state index in [9.17, 15) is 14.4 Å². The zero-order valence-corrected chi connectivity index (χ0v) is 14.0. The van der Waals surface area contributed by atoms with Crippen molar-refractivity contribution in [1.82, 2.24) is 14.9 Å². The first-order valence-electron chi connectivity index (χ1n) is 8.48. The van der Waals surface area contributed by atoms with Gasteiger partial charge in [0.2, 0.25) is 5.91 Å². The van der Waals surface area contributed by atoms with E-state index < -0.39 is 0 Å². The molecule has 7 heteroatoms. The fraction of sp³-hybridized carbons (Fsp3) is 0.211. The first-order valence-corrected chi connectivity index (χ1v) is 8.48. The van der Waals surface area contributed by atoms with Gasteiger partial charge in [0.05, 0.1) is 11.0 Å². The van der Waals surface area contributed by atoms with Crippen LogP contribution in [0.15, 0.2) is 47.3 Å². The predicted molar refractivity (Wildman–Crippen MR) is 98.0 cm³/mol. The maximum atomic E-state index is 12.4.